The average molecular weight is 189 g/mol. The van der Waals surface area contributed by atoms with Gasteiger partial charge in [-0.3, -0.25) is 0 Å². The molecule has 0 spiro atoms. The summed E-state index contributed by atoms with van der Waals surface area (Å²) in [6.45, 7) is 4.65. The zero-order valence-corrected chi connectivity index (χ0v) is 8.73. The number of thioether (sulfide) groups is 1. The van der Waals surface area contributed by atoms with Crippen LogP contribution in [0.2, 0.25) is 0 Å². The summed E-state index contributed by atoms with van der Waals surface area (Å²) < 4.78 is 0. The van der Waals surface area contributed by atoms with Gasteiger partial charge in [0.05, 0.1) is 6.61 Å². The number of hydrogen-bond acceptors (Lipinski definition) is 3. The van der Waals surface area contributed by atoms with Gasteiger partial charge in [0.2, 0.25) is 0 Å². The summed E-state index contributed by atoms with van der Waals surface area (Å²) in [7, 11) is 0. The largest absolute Gasteiger partial charge is 0.395 e. The average Bonchev–Trinajstić information content (AvgIpc) is 2.47. The standard InChI is InChI=1S/C9H19NOS/c1-3-8(5-11)10-9-4-7(2)12-6-9/h7-11H,3-6H2,1-2H3. The maximum Gasteiger partial charge on any atom is 0.0584 e. The second-order valence-corrected chi connectivity index (χ2v) is 5.00. The van der Waals surface area contributed by atoms with Crippen molar-refractivity contribution >= 4 is 11.8 Å². The van der Waals surface area contributed by atoms with Crippen molar-refractivity contribution in [3.63, 3.8) is 0 Å². The Kier molecular flexibility index (Phi) is 4.40. The van der Waals surface area contributed by atoms with E-state index in [1.807, 2.05) is 11.8 Å². The van der Waals surface area contributed by atoms with Crippen LogP contribution in [-0.2, 0) is 0 Å². The summed E-state index contributed by atoms with van der Waals surface area (Å²) in [5.74, 6) is 1.21. The summed E-state index contributed by atoms with van der Waals surface area (Å²) in [4.78, 5) is 0. The molecule has 0 aromatic carbocycles. The maximum absolute atomic E-state index is 8.98. The molecule has 72 valence electrons. The van der Waals surface area contributed by atoms with Crippen LogP contribution in [0.25, 0.3) is 0 Å². The normalized spacial score (nSPS) is 32.2. The van der Waals surface area contributed by atoms with Crippen molar-refractivity contribution in [3.05, 3.63) is 0 Å². The fourth-order valence-electron chi connectivity index (χ4n) is 1.57. The first-order valence-electron chi connectivity index (χ1n) is 4.74. The van der Waals surface area contributed by atoms with Crippen molar-refractivity contribution in [2.45, 2.75) is 44.0 Å². The monoisotopic (exact) mass is 189 g/mol. The van der Waals surface area contributed by atoms with Crippen molar-refractivity contribution in [3.8, 4) is 0 Å². The SMILES string of the molecule is CCC(CO)NC1CSC(C)C1. The third-order valence-electron chi connectivity index (χ3n) is 2.38. The van der Waals surface area contributed by atoms with Crippen LogP contribution in [0.4, 0.5) is 0 Å². The number of aliphatic hydroxyl groups is 1. The summed E-state index contributed by atoms with van der Waals surface area (Å²) in [5, 5.41) is 13.2. The second-order valence-electron chi connectivity index (χ2n) is 3.53. The van der Waals surface area contributed by atoms with Crippen LogP contribution in [0, 0.1) is 0 Å². The number of nitrogens with one attached hydrogen (secondary N) is 1. The van der Waals surface area contributed by atoms with Crippen LogP contribution in [-0.4, -0.2) is 34.8 Å². The summed E-state index contributed by atoms with van der Waals surface area (Å²) >= 11 is 2.02. The topological polar surface area (TPSA) is 32.3 Å². The minimum absolute atomic E-state index is 0.270. The van der Waals surface area contributed by atoms with Crippen molar-refractivity contribution in [2.75, 3.05) is 12.4 Å². The highest BCUT2D eigenvalue weighted by molar-refractivity contribution is 8.00. The Morgan fingerprint density at radius 1 is 1.67 bits per heavy atom. The molecule has 0 radical (unpaired) electrons. The van der Waals surface area contributed by atoms with Gasteiger partial charge in [-0.15, -0.1) is 0 Å². The molecule has 0 bridgehead atoms. The number of rotatable bonds is 4. The van der Waals surface area contributed by atoms with Gasteiger partial charge in [-0.1, -0.05) is 13.8 Å². The molecule has 12 heavy (non-hydrogen) atoms. The van der Waals surface area contributed by atoms with E-state index < -0.39 is 0 Å². The molecule has 1 aliphatic heterocycles. The van der Waals surface area contributed by atoms with Gasteiger partial charge in [0.25, 0.3) is 0 Å². The first kappa shape index (κ1) is 10.4. The van der Waals surface area contributed by atoms with Crippen LogP contribution in [0.1, 0.15) is 26.7 Å². The summed E-state index contributed by atoms with van der Waals surface area (Å²) in [5.41, 5.74) is 0. The van der Waals surface area contributed by atoms with Crippen LogP contribution in [0.3, 0.4) is 0 Å². The van der Waals surface area contributed by atoms with Gasteiger partial charge < -0.3 is 10.4 Å². The van der Waals surface area contributed by atoms with E-state index in [9.17, 15) is 0 Å². The molecule has 1 fully saturated rings. The highest BCUT2D eigenvalue weighted by Gasteiger charge is 2.23. The van der Waals surface area contributed by atoms with E-state index in [-0.39, 0.29) is 6.61 Å². The highest BCUT2D eigenvalue weighted by Crippen LogP contribution is 2.26. The zero-order valence-electron chi connectivity index (χ0n) is 7.92. The van der Waals surface area contributed by atoms with E-state index in [1.54, 1.807) is 0 Å². The van der Waals surface area contributed by atoms with E-state index in [1.165, 1.54) is 12.2 Å². The third kappa shape index (κ3) is 2.96. The highest BCUT2D eigenvalue weighted by atomic mass is 32.2. The minimum atomic E-state index is 0.270. The van der Waals surface area contributed by atoms with Crippen molar-refractivity contribution in [2.24, 2.45) is 0 Å². The summed E-state index contributed by atoms with van der Waals surface area (Å²) in [6.07, 6.45) is 2.27. The molecule has 3 heteroatoms. The molecule has 1 aliphatic rings. The lowest BCUT2D eigenvalue weighted by Crippen LogP contribution is -2.40. The maximum atomic E-state index is 8.98. The molecule has 1 heterocycles. The van der Waals surface area contributed by atoms with Crippen molar-refractivity contribution in [1.82, 2.24) is 5.32 Å². The van der Waals surface area contributed by atoms with Gasteiger partial charge in [0.1, 0.15) is 0 Å². The smallest absolute Gasteiger partial charge is 0.0584 e. The molecule has 1 saturated heterocycles. The Labute approximate surface area is 79.1 Å². The molecule has 0 saturated carbocycles. The van der Waals surface area contributed by atoms with Crippen LogP contribution < -0.4 is 5.32 Å². The van der Waals surface area contributed by atoms with Gasteiger partial charge in [-0.05, 0) is 12.8 Å². The Morgan fingerprint density at radius 3 is 2.83 bits per heavy atom. The molecule has 0 aromatic heterocycles. The molecule has 0 amide bonds. The predicted octanol–water partition coefficient (Wildman–Crippen LogP) is 1.24. The number of aliphatic hydroxyl groups excluding tert-OH is 1. The van der Waals surface area contributed by atoms with Crippen LogP contribution >= 0.6 is 11.8 Å². The first-order valence-corrected chi connectivity index (χ1v) is 5.79. The molecular weight excluding hydrogens is 170 g/mol. The van der Waals surface area contributed by atoms with E-state index in [4.69, 9.17) is 5.11 Å². The molecular formula is C9H19NOS. The van der Waals surface area contributed by atoms with Gasteiger partial charge in [-0.25, -0.2) is 0 Å². The fraction of sp³-hybridized carbons (Fsp3) is 1.00. The van der Waals surface area contributed by atoms with E-state index in [2.05, 4.69) is 19.2 Å². The Balaban J connectivity index is 2.21. The van der Waals surface area contributed by atoms with Gasteiger partial charge in [0, 0.05) is 23.1 Å². The molecule has 0 aliphatic carbocycles. The van der Waals surface area contributed by atoms with Gasteiger partial charge in [0.15, 0.2) is 0 Å². The van der Waals surface area contributed by atoms with Crippen molar-refractivity contribution in [1.29, 1.82) is 0 Å². The van der Waals surface area contributed by atoms with Crippen LogP contribution in [0.5, 0.6) is 0 Å². The molecule has 3 unspecified atom stereocenters. The van der Waals surface area contributed by atoms with Crippen molar-refractivity contribution < 1.29 is 5.11 Å². The third-order valence-corrected chi connectivity index (χ3v) is 3.74. The van der Waals surface area contributed by atoms with Gasteiger partial charge in [-0.2, -0.15) is 11.8 Å². The Bertz CT molecular complexity index is 128. The number of hydrogen-bond donors (Lipinski definition) is 2. The quantitative estimate of drug-likeness (QED) is 0.698. The second kappa shape index (κ2) is 5.10. The minimum Gasteiger partial charge on any atom is -0.395 e. The first-order chi connectivity index (χ1) is 5.76. The van der Waals surface area contributed by atoms with E-state index >= 15 is 0 Å². The Morgan fingerprint density at radius 2 is 2.42 bits per heavy atom. The van der Waals surface area contributed by atoms with E-state index in [0.29, 0.717) is 12.1 Å². The van der Waals surface area contributed by atoms with Crippen LogP contribution in [0.15, 0.2) is 0 Å². The van der Waals surface area contributed by atoms with E-state index in [0.717, 1.165) is 11.7 Å². The Hall–Kier alpha value is 0.270. The predicted molar refractivity (Wildman–Crippen MR) is 54.6 cm³/mol. The molecule has 1 rings (SSSR count). The molecule has 2 nitrogen and oxygen atoms in total. The molecule has 0 aromatic rings. The zero-order chi connectivity index (χ0) is 8.97. The lowest BCUT2D eigenvalue weighted by Gasteiger charge is -2.19. The summed E-state index contributed by atoms with van der Waals surface area (Å²) in [6, 6.07) is 0.933. The lowest BCUT2D eigenvalue weighted by molar-refractivity contribution is 0.229. The lowest BCUT2D eigenvalue weighted by atomic mass is 10.1. The molecule has 2 N–H and O–H groups in total. The molecule has 3 atom stereocenters. The fourth-order valence-corrected chi connectivity index (χ4v) is 2.73. The van der Waals surface area contributed by atoms with Gasteiger partial charge >= 0.3 is 0 Å².